The molecule has 0 saturated carbocycles. The lowest BCUT2D eigenvalue weighted by atomic mass is 10.1. The molecule has 1 aromatic carbocycles. The molecule has 0 amide bonds. The molecule has 0 aliphatic carbocycles. The Balaban J connectivity index is 2.51. The van der Waals surface area contributed by atoms with Gasteiger partial charge >= 0.3 is 0 Å². The van der Waals surface area contributed by atoms with Crippen molar-refractivity contribution in [2.24, 2.45) is 5.73 Å². The van der Waals surface area contributed by atoms with Crippen LogP contribution < -0.4 is 10.5 Å². The Hall–Kier alpha value is -1.53. The van der Waals surface area contributed by atoms with E-state index < -0.39 is 6.10 Å². The second kappa shape index (κ2) is 6.14. The minimum atomic E-state index is -0.407. The Labute approximate surface area is 96.8 Å². The van der Waals surface area contributed by atoms with Gasteiger partial charge in [-0.05, 0) is 44.4 Å². The van der Waals surface area contributed by atoms with Crippen LogP contribution in [0.4, 0.5) is 0 Å². The quantitative estimate of drug-likeness (QED) is 0.824. The maximum absolute atomic E-state index is 8.61. The second-order valence-corrected chi connectivity index (χ2v) is 4.05. The Morgan fingerprint density at radius 3 is 2.44 bits per heavy atom. The summed E-state index contributed by atoms with van der Waals surface area (Å²) in [5, 5.41) is 8.61. The second-order valence-electron chi connectivity index (χ2n) is 4.05. The van der Waals surface area contributed by atoms with Crippen LogP contribution in [0.25, 0.3) is 0 Å². The molecule has 1 rings (SSSR count). The number of nitrogens with two attached hydrogens (primary N) is 1. The van der Waals surface area contributed by atoms with Gasteiger partial charge in [-0.1, -0.05) is 12.1 Å². The molecule has 3 nitrogen and oxygen atoms in total. The van der Waals surface area contributed by atoms with Crippen LogP contribution in [-0.2, 0) is 6.42 Å². The largest absolute Gasteiger partial charge is 0.476 e. The molecule has 16 heavy (non-hydrogen) atoms. The van der Waals surface area contributed by atoms with Crippen molar-refractivity contribution in [3.63, 3.8) is 0 Å². The van der Waals surface area contributed by atoms with Crippen molar-refractivity contribution in [3.05, 3.63) is 29.8 Å². The minimum absolute atomic E-state index is 0.231. The predicted molar refractivity (Wildman–Crippen MR) is 64.1 cm³/mol. The number of aryl methyl sites for hydroxylation is 1. The first-order chi connectivity index (χ1) is 7.61. The summed E-state index contributed by atoms with van der Waals surface area (Å²) < 4.78 is 5.36. The zero-order chi connectivity index (χ0) is 12.0. The molecule has 0 radical (unpaired) electrons. The number of hydrogen-bond donors (Lipinski definition) is 1. The lowest BCUT2D eigenvalue weighted by Crippen LogP contribution is -2.15. The monoisotopic (exact) mass is 218 g/mol. The van der Waals surface area contributed by atoms with E-state index in [9.17, 15) is 0 Å². The van der Waals surface area contributed by atoms with Gasteiger partial charge in [0.1, 0.15) is 11.8 Å². The summed E-state index contributed by atoms with van der Waals surface area (Å²) in [5.74, 6) is 0.735. The predicted octanol–water partition coefficient (Wildman–Crippen LogP) is 2.26. The van der Waals surface area contributed by atoms with Crippen LogP contribution >= 0.6 is 0 Å². The molecule has 0 spiro atoms. The highest BCUT2D eigenvalue weighted by Crippen LogP contribution is 2.15. The van der Waals surface area contributed by atoms with Crippen molar-refractivity contribution in [1.82, 2.24) is 0 Å². The van der Waals surface area contributed by atoms with Crippen molar-refractivity contribution in [3.8, 4) is 11.8 Å². The summed E-state index contributed by atoms with van der Waals surface area (Å²) in [7, 11) is 0. The van der Waals surface area contributed by atoms with Crippen LogP contribution in [0.3, 0.4) is 0 Å². The van der Waals surface area contributed by atoms with E-state index in [1.165, 1.54) is 5.56 Å². The van der Waals surface area contributed by atoms with Crippen LogP contribution in [-0.4, -0.2) is 12.1 Å². The molecule has 0 aromatic heterocycles. The van der Waals surface area contributed by atoms with Gasteiger partial charge in [0, 0.05) is 6.04 Å². The third-order valence-corrected chi connectivity index (χ3v) is 2.31. The minimum Gasteiger partial charge on any atom is -0.476 e. The molecule has 2 unspecified atom stereocenters. The normalized spacial score (nSPS) is 13.9. The average molecular weight is 218 g/mol. The van der Waals surface area contributed by atoms with Crippen molar-refractivity contribution >= 4 is 0 Å². The molecule has 2 atom stereocenters. The first-order valence-electron chi connectivity index (χ1n) is 5.52. The maximum Gasteiger partial charge on any atom is 0.181 e. The van der Waals surface area contributed by atoms with Gasteiger partial charge in [-0.3, -0.25) is 0 Å². The fraction of sp³-hybridized carbons (Fsp3) is 0.462. The van der Waals surface area contributed by atoms with Gasteiger partial charge in [0.15, 0.2) is 6.10 Å². The lowest BCUT2D eigenvalue weighted by molar-refractivity contribution is 0.276. The Morgan fingerprint density at radius 2 is 1.94 bits per heavy atom. The van der Waals surface area contributed by atoms with Gasteiger partial charge in [-0.2, -0.15) is 5.26 Å². The van der Waals surface area contributed by atoms with Crippen LogP contribution in [0.1, 0.15) is 25.8 Å². The van der Waals surface area contributed by atoms with E-state index >= 15 is 0 Å². The summed E-state index contributed by atoms with van der Waals surface area (Å²) in [4.78, 5) is 0. The van der Waals surface area contributed by atoms with Crippen LogP contribution in [0, 0.1) is 11.3 Å². The first kappa shape index (κ1) is 12.5. The molecular weight excluding hydrogens is 200 g/mol. The zero-order valence-electron chi connectivity index (χ0n) is 9.81. The number of nitriles is 1. The van der Waals surface area contributed by atoms with Crippen molar-refractivity contribution in [1.29, 1.82) is 5.26 Å². The van der Waals surface area contributed by atoms with Crippen molar-refractivity contribution < 1.29 is 4.74 Å². The molecule has 0 aliphatic heterocycles. The zero-order valence-corrected chi connectivity index (χ0v) is 9.81. The fourth-order valence-electron chi connectivity index (χ4n) is 1.36. The van der Waals surface area contributed by atoms with Crippen LogP contribution in [0.15, 0.2) is 24.3 Å². The molecule has 2 N–H and O–H groups in total. The highest BCUT2D eigenvalue weighted by atomic mass is 16.5. The number of rotatable bonds is 5. The van der Waals surface area contributed by atoms with Gasteiger partial charge in [0.2, 0.25) is 0 Å². The number of nitrogens with zero attached hydrogens (tertiary/aromatic N) is 1. The third-order valence-electron chi connectivity index (χ3n) is 2.31. The van der Waals surface area contributed by atoms with Crippen molar-refractivity contribution in [2.45, 2.75) is 38.8 Å². The standard InChI is InChI=1S/C13H18N2O/c1-10(15)3-4-12-5-7-13(8-6-12)16-11(2)9-14/h5-8,10-11H,3-4,15H2,1-2H3. The Kier molecular flexibility index (Phi) is 4.81. The molecule has 86 valence electrons. The SMILES string of the molecule is CC(N)CCc1ccc(OC(C)C#N)cc1. The van der Waals surface area contributed by atoms with E-state index in [1.807, 2.05) is 37.3 Å². The fourth-order valence-corrected chi connectivity index (χ4v) is 1.36. The summed E-state index contributed by atoms with van der Waals surface area (Å²) in [6.07, 6.45) is 1.55. The summed E-state index contributed by atoms with van der Waals surface area (Å²) >= 11 is 0. The van der Waals surface area contributed by atoms with Gasteiger partial charge in [0.05, 0.1) is 0 Å². The molecule has 3 heteroatoms. The molecule has 0 heterocycles. The van der Waals surface area contributed by atoms with Gasteiger partial charge in [-0.15, -0.1) is 0 Å². The van der Waals surface area contributed by atoms with E-state index in [2.05, 4.69) is 0 Å². The summed E-state index contributed by atoms with van der Waals surface area (Å²) in [5.41, 5.74) is 6.94. The first-order valence-corrected chi connectivity index (χ1v) is 5.52. The molecule has 0 bridgehead atoms. The van der Waals surface area contributed by atoms with E-state index in [4.69, 9.17) is 15.7 Å². The highest BCUT2D eigenvalue weighted by Gasteiger charge is 2.02. The number of ether oxygens (including phenoxy) is 1. The van der Waals surface area contributed by atoms with E-state index in [1.54, 1.807) is 6.92 Å². The van der Waals surface area contributed by atoms with Crippen LogP contribution in [0.2, 0.25) is 0 Å². The Morgan fingerprint density at radius 1 is 1.31 bits per heavy atom. The van der Waals surface area contributed by atoms with E-state index in [0.29, 0.717) is 0 Å². The molecule has 0 aliphatic rings. The number of benzene rings is 1. The lowest BCUT2D eigenvalue weighted by Gasteiger charge is -2.09. The Bertz CT molecular complexity index is 351. The third kappa shape index (κ3) is 4.33. The topological polar surface area (TPSA) is 59.0 Å². The summed E-state index contributed by atoms with van der Waals surface area (Å²) in [6, 6.07) is 10.1. The molecular formula is C13H18N2O. The average Bonchev–Trinajstić information content (AvgIpc) is 2.28. The van der Waals surface area contributed by atoms with E-state index in [-0.39, 0.29) is 6.04 Å². The van der Waals surface area contributed by atoms with E-state index in [0.717, 1.165) is 18.6 Å². The van der Waals surface area contributed by atoms with Crippen molar-refractivity contribution in [2.75, 3.05) is 0 Å². The van der Waals surface area contributed by atoms with Gasteiger partial charge in [-0.25, -0.2) is 0 Å². The maximum atomic E-state index is 8.61. The molecule has 0 saturated heterocycles. The smallest absolute Gasteiger partial charge is 0.181 e. The summed E-state index contributed by atoms with van der Waals surface area (Å²) in [6.45, 7) is 3.73. The molecule has 1 aromatic rings. The number of hydrogen-bond acceptors (Lipinski definition) is 3. The highest BCUT2D eigenvalue weighted by molar-refractivity contribution is 5.27. The van der Waals surface area contributed by atoms with Gasteiger partial charge in [0.25, 0.3) is 0 Å². The van der Waals surface area contributed by atoms with Gasteiger partial charge < -0.3 is 10.5 Å². The molecule has 0 fully saturated rings. The van der Waals surface area contributed by atoms with Crippen LogP contribution in [0.5, 0.6) is 5.75 Å².